The van der Waals surface area contributed by atoms with Crippen LogP contribution in [0.15, 0.2) is 0 Å². The number of hydrogen-bond acceptors (Lipinski definition) is 4. The van der Waals surface area contributed by atoms with Gasteiger partial charge in [0, 0.05) is 52.9 Å². The highest BCUT2D eigenvalue weighted by Crippen LogP contribution is 2.01. The van der Waals surface area contributed by atoms with Gasteiger partial charge in [-0.3, -0.25) is 4.90 Å². The van der Waals surface area contributed by atoms with Crippen LogP contribution in [0.5, 0.6) is 0 Å². The Morgan fingerprint density at radius 2 is 1.94 bits per heavy atom. The summed E-state index contributed by atoms with van der Waals surface area (Å²) < 4.78 is 4.90. The first kappa shape index (κ1) is 15.2. The fraction of sp³-hybridized carbons (Fsp3) is 0.917. The number of nitrogens with one attached hydrogen (secondary N) is 1. The SMILES string of the molecule is COCCNC(=O)N1CCN(CCN(C)C)CC1. The lowest BCUT2D eigenvalue weighted by molar-refractivity contribution is 0.130. The normalized spacial score (nSPS) is 17.2. The van der Waals surface area contributed by atoms with Crippen molar-refractivity contribution in [3.63, 3.8) is 0 Å². The number of nitrogens with zero attached hydrogens (tertiary/aromatic N) is 3. The predicted octanol–water partition coefficient (Wildman–Crippen LogP) is -0.478. The topological polar surface area (TPSA) is 48.1 Å². The molecule has 6 nitrogen and oxygen atoms in total. The number of methoxy groups -OCH3 is 1. The van der Waals surface area contributed by atoms with Gasteiger partial charge in [-0.2, -0.15) is 0 Å². The molecule has 1 heterocycles. The molecule has 6 heteroatoms. The van der Waals surface area contributed by atoms with E-state index in [-0.39, 0.29) is 6.03 Å². The molecule has 0 unspecified atom stereocenters. The summed E-state index contributed by atoms with van der Waals surface area (Å²) in [6, 6.07) is 0.0271. The fourth-order valence-electron chi connectivity index (χ4n) is 1.89. The standard InChI is InChI=1S/C12H26N4O2/c1-14(2)5-6-15-7-9-16(10-8-15)12(17)13-4-11-18-3/h4-11H2,1-3H3,(H,13,17). The molecule has 106 valence electrons. The van der Waals surface area contributed by atoms with Gasteiger partial charge in [0.25, 0.3) is 0 Å². The van der Waals surface area contributed by atoms with Gasteiger partial charge in [0.2, 0.25) is 0 Å². The molecule has 0 aromatic rings. The first-order chi connectivity index (χ1) is 8.63. The number of rotatable bonds is 6. The Balaban J connectivity index is 2.16. The smallest absolute Gasteiger partial charge is 0.317 e. The van der Waals surface area contributed by atoms with E-state index in [1.165, 1.54) is 0 Å². The summed E-state index contributed by atoms with van der Waals surface area (Å²) in [4.78, 5) is 18.2. The predicted molar refractivity (Wildman–Crippen MR) is 71.8 cm³/mol. The second kappa shape index (κ2) is 8.29. The molecule has 18 heavy (non-hydrogen) atoms. The molecule has 0 aliphatic carbocycles. The zero-order valence-electron chi connectivity index (χ0n) is 11.8. The molecule has 1 fully saturated rings. The highest BCUT2D eigenvalue weighted by Gasteiger charge is 2.20. The van der Waals surface area contributed by atoms with Crippen LogP contribution in [0.25, 0.3) is 0 Å². The second-order valence-corrected chi connectivity index (χ2v) is 4.86. The van der Waals surface area contributed by atoms with Crippen molar-refractivity contribution in [2.24, 2.45) is 0 Å². The minimum absolute atomic E-state index is 0.0271. The highest BCUT2D eigenvalue weighted by molar-refractivity contribution is 5.74. The lowest BCUT2D eigenvalue weighted by atomic mass is 10.3. The molecule has 0 radical (unpaired) electrons. The van der Waals surface area contributed by atoms with Gasteiger partial charge in [0.05, 0.1) is 6.61 Å². The molecule has 1 aliphatic rings. The van der Waals surface area contributed by atoms with Gasteiger partial charge in [-0.05, 0) is 14.1 Å². The number of amides is 2. The molecule has 0 aromatic heterocycles. The van der Waals surface area contributed by atoms with E-state index in [2.05, 4.69) is 29.2 Å². The quantitative estimate of drug-likeness (QED) is 0.654. The number of likely N-dealkylation sites (N-methyl/N-ethyl adjacent to an activating group) is 1. The van der Waals surface area contributed by atoms with Crippen molar-refractivity contribution >= 4 is 6.03 Å². The van der Waals surface area contributed by atoms with Crippen molar-refractivity contribution in [3.05, 3.63) is 0 Å². The van der Waals surface area contributed by atoms with Crippen LogP contribution >= 0.6 is 0 Å². The van der Waals surface area contributed by atoms with Crippen LogP contribution < -0.4 is 5.32 Å². The third-order valence-corrected chi connectivity index (χ3v) is 3.11. The third-order valence-electron chi connectivity index (χ3n) is 3.11. The third kappa shape index (κ3) is 5.66. The van der Waals surface area contributed by atoms with E-state index in [1.807, 2.05) is 4.90 Å². The molecule has 1 saturated heterocycles. The van der Waals surface area contributed by atoms with Crippen molar-refractivity contribution in [2.75, 3.05) is 73.6 Å². The Hall–Kier alpha value is -0.850. The Kier molecular flexibility index (Phi) is 7.00. The summed E-state index contributed by atoms with van der Waals surface area (Å²) in [5.74, 6) is 0. The van der Waals surface area contributed by atoms with E-state index < -0.39 is 0 Å². The first-order valence-electron chi connectivity index (χ1n) is 6.52. The van der Waals surface area contributed by atoms with Gasteiger partial charge >= 0.3 is 6.03 Å². The van der Waals surface area contributed by atoms with E-state index in [4.69, 9.17) is 4.74 Å². The lowest BCUT2D eigenvalue weighted by Crippen LogP contribution is -2.52. The van der Waals surface area contributed by atoms with Gasteiger partial charge in [-0.1, -0.05) is 0 Å². The van der Waals surface area contributed by atoms with Crippen molar-refractivity contribution in [3.8, 4) is 0 Å². The molecular weight excluding hydrogens is 232 g/mol. The van der Waals surface area contributed by atoms with E-state index in [9.17, 15) is 4.79 Å². The molecule has 0 saturated carbocycles. The summed E-state index contributed by atoms with van der Waals surface area (Å²) in [6.45, 7) is 6.84. The fourth-order valence-corrected chi connectivity index (χ4v) is 1.89. The Bertz CT molecular complexity index is 240. The van der Waals surface area contributed by atoms with Gasteiger partial charge in [0.15, 0.2) is 0 Å². The van der Waals surface area contributed by atoms with Gasteiger partial charge < -0.3 is 19.9 Å². The lowest BCUT2D eigenvalue weighted by Gasteiger charge is -2.35. The Labute approximate surface area is 110 Å². The molecule has 0 atom stereocenters. The van der Waals surface area contributed by atoms with Crippen molar-refractivity contribution < 1.29 is 9.53 Å². The molecule has 0 aromatic carbocycles. The second-order valence-electron chi connectivity index (χ2n) is 4.86. The molecule has 1 aliphatic heterocycles. The monoisotopic (exact) mass is 258 g/mol. The van der Waals surface area contributed by atoms with E-state index in [1.54, 1.807) is 7.11 Å². The average Bonchev–Trinajstić information content (AvgIpc) is 2.37. The number of carbonyl (C=O) groups excluding carboxylic acids is 1. The van der Waals surface area contributed by atoms with Gasteiger partial charge in [-0.15, -0.1) is 0 Å². The van der Waals surface area contributed by atoms with E-state index >= 15 is 0 Å². The number of urea groups is 1. The van der Waals surface area contributed by atoms with E-state index in [0.29, 0.717) is 13.2 Å². The molecule has 0 spiro atoms. The maximum atomic E-state index is 11.8. The summed E-state index contributed by atoms with van der Waals surface area (Å²) in [7, 11) is 5.80. The molecule has 1 rings (SSSR count). The van der Waals surface area contributed by atoms with E-state index in [0.717, 1.165) is 39.3 Å². The van der Waals surface area contributed by atoms with Crippen molar-refractivity contribution in [1.82, 2.24) is 20.0 Å². The number of carbonyl (C=O) groups is 1. The van der Waals surface area contributed by atoms with Crippen molar-refractivity contribution in [2.45, 2.75) is 0 Å². The summed E-state index contributed by atoms with van der Waals surface area (Å²) in [5, 5.41) is 2.85. The van der Waals surface area contributed by atoms with Crippen LogP contribution in [0.4, 0.5) is 4.79 Å². The Morgan fingerprint density at radius 1 is 1.28 bits per heavy atom. The van der Waals surface area contributed by atoms with Crippen LogP contribution in [0, 0.1) is 0 Å². The Morgan fingerprint density at radius 3 is 2.50 bits per heavy atom. The number of piperazine rings is 1. The number of hydrogen-bond donors (Lipinski definition) is 1. The minimum atomic E-state index is 0.0271. The summed E-state index contributed by atoms with van der Waals surface area (Å²) >= 11 is 0. The summed E-state index contributed by atoms with van der Waals surface area (Å²) in [5.41, 5.74) is 0. The minimum Gasteiger partial charge on any atom is -0.383 e. The molecular formula is C12H26N4O2. The zero-order valence-corrected chi connectivity index (χ0v) is 11.8. The largest absolute Gasteiger partial charge is 0.383 e. The molecule has 0 bridgehead atoms. The maximum Gasteiger partial charge on any atom is 0.317 e. The maximum absolute atomic E-state index is 11.8. The van der Waals surface area contributed by atoms with Crippen LogP contribution in [0.3, 0.4) is 0 Å². The number of ether oxygens (including phenoxy) is 1. The highest BCUT2D eigenvalue weighted by atomic mass is 16.5. The van der Waals surface area contributed by atoms with Crippen LogP contribution in [-0.2, 0) is 4.74 Å². The van der Waals surface area contributed by atoms with Gasteiger partial charge in [-0.25, -0.2) is 4.79 Å². The van der Waals surface area contributed by atoms with Gasteiger partial charge in [0.1, 0.15) is 0 Å². The first-order valence-corrected chi connectivity index (χ1v) is 6.52. The molecule has 1 N–H and O–H groups in total. The van der Waals surface area contributed by atoms with Crippen LogP contribution in [0.1, 0.15) is 0 Å². The van der Waals surface area contributed by atoms with Crippen LogP contribution in [0.2, 0.25) is 0 Å². The zero-order chi connectivity index (χ0) is 13.4. The average molecular weight is 258 g/mol. The van der Waals surface area contributed by atoms with Crippen molar-refractivity contribution in [1.29, 1.82) is 0 Å². The van der Waals surface area contributed by atoms with Crippen LogP contribution in [-0.4, -0.2) is 94.4 Å². The molecule has 2 amide bonds. The summed E-state index contributed by atoms with van der Waals surface area (Å²) in [6.07, 6.45) is 0.